The molecule has 5 fully saturated rings. The number of ether oxygens (including phenoxy) is 1. The van der Waals surface area contributed by atoms with Crippen molar-refractivity contribution in [2.24, 2.45) is 11.8 Å². The first kappa shape index (κ1) is 28.6. The Morgan fingerprint density at radius 3 is 2.44 bits per heavy atom. The lowest BCUT2D eigenvalue weighted by Crippen LogP contribution is -2.67. The van der Waals surface area contributed by atoms with Crippen LogP contribution in [0.1, 0.15) is 73.1 Å². The van der Waals surface area contributed by atoms with E-state index in [1.165, 1.54) is 4.90 Å². The van der Waals surface area contributed by atoms with Crippen molar-refractivity contribution < 1.29 is 32.4 Å². The van der Waals surface area contributed by atoms with Crippen LogP contribution in [-0.2, 0) is 24.4 Å². The number of likely N-dealkylation sites (tertiary alicyclic amines) is 1. The Hall–Kier alpha value is -1.96. The predicted molar refractivity (Wildman–Crippen MR) is 142 cm³/mol. The van der Waals surface area contributed by atoms with E-state index in [1.807, 2.05) is 34.6 Å². The Labute approximate surface area is 231 Å². The fourth-order valence-corrected chi connectivity index (χ4v) is 8.15. The van der Waals surface area contributed by atoms with Gasteiger partial charge >= 0.3 is 12.1 Å². The molecule has 0 aromatic heterocycles. The van der Waals surface area contributed by atoms with Crippen LogP contribution in [0.15, 0.2) is 0 Å². The highest BCUT2D eigenvalue weighted by Crippen LogP contribution is 2.41. The van der Waals surface area contributed by atoms with Crippen molar-refractivity contribution in [2.75, 3.05) is 26.2 Å². The molecule has 220 valence electrons. The molecule has 0 spiro atoms. The second-order valence-corrected chi connectivity index (χ2v) is 15.4. The molecule has 5 atom stereocenters. The lowest BCUT2D eigenvalue weighted by atomic mass is 9.80. The quantitative estimate of drug-likeness (QED) is 0.474. The molecular weight excluding hydrogens is 526 g/mol. The molecule has 2 saturated carbocycles. The van der Waals surface area contributed by atoms with Gasteiger partial charge in [-0.1, -0.05) is 0 Å². The van der Waals surface area contributed by atoms with Crippen LogP contribution in [-0.4, -0.2) is 102 Å². The van der Waals surface area contributed by atoms with Gasteiger partial charge in [-0.2, -0.15) is 5.48 Å². The highest BCUT2D eigenvalue weighted by atomic mass is 32.2. The summed E-state index contributed by atoms with van der Waals surface area (Å²) in [6, 6.07) is -0.604. The first-order valence-corrected chi connectivity index (χ1v) is 15.7. The lowest BCUT2D eigenvalue weighted by molar-refractivity contribution is -0.143. The molecule has 4 amide bonds. The summed E-state index contributed by atoms with van der Waals surface area (Å²) in [5.74, 6) is -0.857. The van der Waals surface area contributed by atoms with Crippen LogP contribution in [0.5, 0.6) is 0 Å². The second kappa shape index (κ2) is 10.1. The van der Waals surface area contributed by atoms with Gasteiger partial charge in [0.25, 0.3) is 0 Å². The molecule has 13 heteroatoms. The summed E-state index contributed by atoms with van der Waals surface area (Å²) in [7, 11) is -3.60. The maximum absolute atomic E-state index is 13.7. The fraction of sp³-hybridized carbons (Fsp3) is 0.885. The summed E-state index contributed by atoms with van der Waals surface area (Å²) in [6.45, 7) is 10.8. The SMILES string of the molecule is CC1CC(CN2C(=O)C3CC(S(=O)(=O)NC4(C)CC4)CCC3N(CC3CN(C(=O)OC(C)(C)C)C3)C2=O)ON1. The van der Waals surface area contributed by atoms with Crippen LogP contribution in [0.4, 0.5) is 9.59 Å². The van der Waals surface area contributed by atoms with Crippen molar-refractivity contribution in [3.05, 3.63) is 0 Å². The van der Waals surface area contributed by atoms with Crippen molar-refractivity contribution in [1.82, 2.24) is 24.9 Å². The third kappa shape index (κ3) is 6.20. The number of rotatable bonds is 7. The molecule has 2 aliphatic carbocycles. The zero-order chi connectivity index (χ0) is 28.3. The third-order valence-electron chi connectivity index (χ3n) is 8.56. The summed E-state index contributed by atoms with van der Waals surface area (Å²) < 4.78 is 34.7. The molecule has 0 radical (unpaired) electrons. The van der Waals surface area contributed by atoms with Gasteiger partial charge in [-0.05, 0) is 73.1 Å². The number of fused-ring (bicyclic) bond motifs is 1. The minimum absolute atomic E-state index is 0.0551. The van der Waals surface area contributed by atoms with E-state index in [2.05, 4.69) is 10.2 Å². The molecule has 2 N–H and O–H groups in total. The van der Waals surface area contributed by atoms with Crippen molar-refractivity contribution in [3.8, 4) is 0 Å². The molecular formula is C26H43N5O7S. The minimum atomic E-state index is -3.60. The monoisotopic (exact) mass is 569 g/mol. The third-order valence-corrected chi connectivity index (χ3v) is 10.6. The van der Waals surface area contributed by atoms with Crippen LogP contribution in [0, 0.1) is 11.8 Å². The van der Waals surface area contributed by atoms with Gasteiger partial charge < -0.3 is 14.5 Å². The van der Waals surface area contributed by atoms with Crippen LogP contribution in [0.25, 0.3) is 0 Å². The van der Waals surface area contributed by atoms with Gasteiger partial charge in [0.2, 0.25) is 15.9 Å². The summed E-state index contributed by atoms with van der Waals surface area (Å²) in [5, 5.41) is -0.673. The van der Waals surface area contributed by atoms with Gasteiger partial charge in [0.1, 0.15) is 5.60 Å². The smallest absolute Gasteiger partial charge is 0.410 e. The molecule has 0 aromatic carbocycles. The summed E-state index contributed by atoms with van der Waals surface area (Å²) in [6.07, 6.45) is 2.62. The molecule has 0 bridgehead atoms. The molecule has 3 aliphatic heterocycles. The highest BCUT2D eigenvalue weighted by molar-refractivity contribution is 7.90. The normalized spacial score (nSPS) is 33.2. The van der Waals surface area contributed by atoms with Crippen molar-refractivity contribution in [3.63, 3.8) is 0 Å². The molecule has 5 rings (SSSR count). The van der Waals surface area contributed by atoms with Gasteiger partial charge in [-0.3, -0.25) is 14.5 Å². The number of hydroxylamine groups is 1. The topological polar surface area (TPSA) is 138 Å². The maximum Gasteiger partial charge on any atom is 0.410 e. The van der Waals surface area contributed by atoms with Gasteiger partial charge in [-0.25, -0.2) is 22.7 Å². The van der Waals surface area contributed by atoms with E-state index in [9.17, 15) is 22.8 Å². The largest absolute Gasteiger partial charge is 0.444 e. The zero-order valence-electron chi connectivity index (χ0n) is 23.6. The number of carbonyl (C=O) groups excluding carboxylic acids is 3. The molecule has 0 aromatic rings. The Bertz CT molecular complexity index is 1100. The number of imide groups is 1. The van der Waals surface area contributed by atoms with Gasteiger partial charge in [0, 0.05) is 43.2 Å². The maximum atomic E-state index is 13.7. The van der Waals surface area contributed by atoms with Crippen molar-refractivity contribution in [1.29, 1.82) is 0 Å². The number of amides is 4. The van der Waals surface area contributed by atoms with E-state index in [1.54, 1.807) is 9.80 Å². The van der Waals surface area contributed by atoms with E-state index in [-0.39, 0.29) is 60.6 Å². The Balaban J connectivity index is 1.30. The molecule has 12 nitrogen and oxygen atoms in total. The van der Waals surface area contributed by atoms with E-state index < -0.39 is 26.8 Å². The molecule has 3 heterocycles. The van der Waals surface area contributed by atoms with Gasteiger partial charge in [0.15, 0.2) is 0 Å². The Kier molecular flexibility index (Phi) is 7.43. The summed E-state index contributed by atoms with van der Waals surface area (Å²) >= 11 is 0. The number of nitrogens with one attached hydrogen (secondary N) is 2. The van der Waals surface area contributed by atoms with E-state index in [4.69, 9.17) is 9.57 Å². The first-order chi connectivity index (χ1) is 18.1. The summed E-state index contributed by atoms with van der Waals surface area (Å²) in [5.41, 5.74) is 1.93. The minimum Gasteiger partial charge on any atom is -0.444 e. The van der Waals surface area contributed by atoms with E-state index in [0.29, 0.717) is 38.9 Å². The Morgan fingerprint density at radius 1 is 1.15 bits per heavy atom. The van der Waals surface area contributed by atoms with Gasteiger partial charge in [-0.15, -0.1) is 0 Å². The van der Waals surface area contributed by atoms with Crippen LogP contribution >= 0.6 is 0 Å². The molecule has 5 aliphatic rings. The van der Waals surface area contributed by atoms with Crippen LogP contribution < -0.4 is 10.2 Å². The second-order valence-electron chi connectivity index (χ2n) is 13.4. The molecule has 3 saturated heterocycles. The molecule has 39 heavy (non-hydrogen) atoms. The number of hydrogen-bond acceptors (Lipinski definition) is 8. The number of hydrogen-bond donors (Lipinski definition) is 2. The van der Waals surface area contributed by atoms with Crippen molar-refractivity contribution >= 4 is 28.1 Å². The number of sulfonamides is 1. The average molecular weight is 570 g/mol. The zero-order valence-corrected chi connectivity index (χ0v) is 24.5. The highest BCUT2D eigenvalue weighted by Gasteiger charge is 2.53. The lowest BCUT2D eigenvalue weighted by Gasteiger charge is -2.51. The van der Waals surface area contributed by atoms with Gasteiger partial charge in [0.05, 0.1) is 23.8 Å². The molecule has 5 unspecified atom stereocenters. The van der Waals surface area contributed by atoms with Crippen LogP contribution in [0.3, 0.4) is 0 Å². The summed E-state index contributed by atoms with van der Waals surface area (Å²) in [4.78, 5) is 50.1. The van der Waals surface area contributed by atoms with Crippen molar-refractivity contribution in [2.45, 2.75) is 108 Å². The first-order valence-electron chi connectivity index (χ1n) is 14.2. The fourth-order valence-electron chi connectivity index (χ4n) is 6.18. The number of nitrogens with zero attached hydrogens (tertiary/aromatic N) is 3. The number of carbonyl (C=O) groups is 3. The van der Waals surface area contributed by atoms with E-state index >= 15 is 0 Å². The number of urea groups is 1. The standard InChI is InChI=1S/C26H43N5O7S/c1-16-10-18(38-27-16)15-31-22(32)20-11-19(39(35,36)28-26(5)8-9-26)6-7-21(20)30(23(31)33)14-17-12-29(13-17)24(34)37-25(2,3)4/h16-21,27-28H,6-15H2,1-5H3. The predicted octanol–water partition coefficient (Wildman–Crippen LogP) is 1.81. The average Bonchev–Trinajstić information content (AvgIpc) is 3.37. The van der Waals surface area contributed by atoms with Crippen LogP contribution in [0.2, 0.25) is 0 Å². The Morgan fingerprint density at radius 2 is 1.85 bits per heavy atom. The van der Waals surface area contributed by atoms with E-state index in [0.717, 1.165) is 12.8 Å².